The largest absolute Gasteiger partial charge is 0.447 e. The van der Waals surface area contributed by atoms with E-state index in [0.29, 0.717) is 25.0 Å². The van der Waals surface area contributed by atoms with E-state index in [1.165, 1.54) is 18.1 Å². The van der Waals surface area contributed by atoms with Gasteiger partial charge in [0.1, 0.15) is 6.33 Å². The number of likely N-dealkylation sites (tertiary alicyclic amines) is 1. The average molecular weight is 564 g/mol. The van der Waals surface area contributed by atoms with E-state index in [2.05, 4.69) is 10.1 Å². The maximum atomic E-state index is 13.8. The standard InChI is InChI=1S/C25H31F6N5O3/c1-6-18-11-20(12-19(7-2)35(18)23(38)39-14(3)4)36(22-32-13-34(5)33-22)21(37)15-8-16(24(26,27)28)10-17(9-15)25(29,30)31/h8-10,13-14,18-20H,6-7,11-12H2,1-5H3/t18-,19+,20?. The summed E-state index contributed by atoms with van der Waals surface area (Å²) in [5.41, 5.74) is -4.00. The summed E-state index contributed by atoms with van der Waals surface area (Å²) in [4.78, 5) is 33.4. The summed E-state index contributed by atoms with van der Waals surface area (Å²) in [5, 5.41) is 4.13. The molecule has 2 aromatic rings. The van der Waals surface area contributed by atoms with Gasteiger partial charge >= 0.3 is 18.4 Å². The Morgan fingerprint density at radius 2 is 1.51 bits per heavy atom. The molecule has 0 radical (unpaired) electrons. The molecule has 3 atom stereocenters. The van der Waals surface area contributed by atoms with E-state index in [-0.39, 0.29) is 31.0 Å². The minimum absolute atomic E-state index is 0.0286. The molecule has 14 heteroatoms. The summed E-state index contributed by atoms with van der Waals surface area (Å²) in [5.74, 6) is -1.27. The molecule has 0 spiro atoms. The first-order valence-electron chi connectivity index (χ1n) is 12.5. The number of hydrogen-bond acceptors (Lipinski definition) is 5. The van der Waals surface area contributed by atoms with Gasteiger partial charge in [-0.2, -0.15) is 26.3 Å². The fourth-order valence-corrected chi connectivity index (χ4v) is 4.82. The number of ether oxygens (including phenoxy) is 1. The molecule has 2 heterocycles. The van der Waals surface area contributed by atoms with Crippen LogP contribution < -0.4 is 4.90 Å². The zero-order valence-electron chi connectivity index (χ0n) is 22.2. The Bertz CT molecular complexity index is 1130. The number of amides is 2. The van der Waals surface area contributed by atoms with E-state index in [0.717, 1.165) is 4.90 Å². The fraction of sp³-hybridized carbons (Fsp3) is 0.600. The monoisotopic (exact) mass is 563 g/mol. The molecule has 8 nitrogen and oxygen atoms in total. The first-order valence-corrected chi connectivity index (χ1v) is 12.5. The molecule has 1 aromatic heterocycles. The van der Waals surface area contributed by atoms with Crippen molar-refractivity contribution in [3.63, 3.8) is 0 Å². The lowest BCUT2D eigenvalue weighted by molar-refractivity contribution is -0.143. The zero-order valence-corrected chi connectivity index (χ0v) is 22.2. The number of halogens is 6. The van der Waals surface area contributed by atoms with Crippen molar-refractivity contribution in [2.75, 3.05) is 4.90 Å². The van der Waals surface area contributed by atoms with Gasteiger partial charge in [-0.15, -0.1) is 5.10 Å². The molecule has 0 saturated carbocycles. The number of benzene rings is 1. The highest BCUT2D eigenvalue weighted by atomic mass is 19.4. The highest BCUT2D eigenvalue weighted by Crippen LogP contribution is 2.38. The summed E-state index contributed by atoms with van der Waals surface area (Å²) < 4.78 is 87.8. The van der Waals surface area contributed by atoms with Gasteiger partial charge in [0.05, 0.1) is 17.2 Å². The van der Waals surface area contributed by atoms with Crippen LogP contribution in [0.4, 0.5) is 37.1 Å². The molecule has 1 aliphatic rings. The van der Waals surface area contributed by atoms with Crippen LogP contribution in [0.25, 0.3) is 0 Å². The Kier molecular flexibility index (Phi) is 8.85. The van der Waals surface area contributed by atoms with Gasteiger partial charge in [0, 0.05) is 30.7 Å². The lowest BCUT2D eigenvalue weighted by atomic mass is 9.87. The number of nitrogens with zero attached hydrogens (tertiary/aromatic N) is 5. The number of aromatic nitrogens is 3. The molecule has 1 saturated heterocycles. The van der Waals surface area contributed by atoms with E-state index in [1.807, 2.05) is 13.8 Å². The topological polar surface area (TPSA) is 80.6 Å². The molecule has 216 valence electrons. The van der Waals surface area contributed by atoms with E-state index >= 15 is 0 Å². The lowest BCUT2D eigenvalue weighted by Crippen LogP contribution is -2.58. The van der Waals surface area contributed by atoms with Crippen molar-refractivity contribution < 1.29 is 40.7 Å². The highest BCUT2D eigenvalue weighted by Gasteiger charge is 2.44. The second kappa shape index (κ2) is 11.4. The van der Waals surface area contributed by atoms with Gasteiger partial charge in [-0.1, -0.05) is 13.8 Å². The predicted molar refractivity (Wildman–Crippen MR) is 129 cm³/mol. The number of alkyl halides is 6. The Hall–Kier alpha value is -3.32. The first kappa shape index (κ1) is 30.2. The van der Waals surface area contributed by atoms with Gasteiger partial charge in [0.15, 0.2) is 0 Å². The minimum Gasteiger partial charge on any atom is -0.447 e. The molecular weight excluding hydrogens is 532 g/mol. The van der Waals surface area contributed by atoms with E-state index < -0.39 is 59.2 Å². The van der Waals surface area contributed by atoms with Crippen molar-refractivity contribution in [2.45, 2.75) is 90.0 Å². The maximum absolute atomic E-state index is 13.8. The Labute approximate surface area is 221 Å². The van der Waals surface area contributed by atoms with E-state index in [4.69, 9.17) is 4.74 Å². The first-order chi connectivity index (χ1) is 18.1. The summed E-state index contributed by atoms with van der Waals surface area (Å²) in [6.07, 6.45) is -8.54. The SMILES string of the molecule is CC[C@@H]1CC(N(C(=O)c2cc(C(F)(F)F)cc(C(F)(F)F)c2)c2ncn(C)n2)C[C@H](CC)N1C(=O)OC(C)C. The van der Waals surface area contributed by atoms with Gasteiger partial charge in [0.2, 0.25) is 0 Å². The van der Waals surface area contributed by atoms with Gasteiger partial charge in [-0.05, 0) is 57.7 Å². The number of rotatable bonds is 6. The Balaban J connectivity index is 2.10. The van der Waals surface area contributed by atoms with Crippen molar-refractivity contribution in [3.8, 4) is 0 Å². The average Bonchev–Trinajstić information content (AvgIpc) is 3.26. The summed E-state index contributed by atoms with van der Waals surface area (Å²) in [6.45, 7) is 7.10. The molecule has 39 heavy (non-hydrogen) atoms. The van der Waals surface area contributed by atoms with Crippen molar-refractivity contribution in [3.05, 3.63) is 41.2 Å². The van der Waals surface area contributed by atoms with E-state index in [9.17, 15) is 35.9 Å². The number of carbonyl (C=O) groups is 2. The van der Waals surface area contributed by atoms with Crippen molar-refractivity contribution in [1.29, 1.82) is 0 Å². The van der Waals surface area contributed by atoms with E-state index in [1.54, 1.807) is 18.7 Å². The maximum Gasteiger partial charge on any atom is 0.416 e. The third kappa shape index (κ3) is 6.82. The van der Waals surface area contributed by atoms with Crippen molar-refractivity contribution in [1.82, 2.24) is 19.7 Å². The third-order valence-electron chi connectivity index (χ3n) is 6.59. The van der Waals surface area contributed by atoms with Gasteiger partial charge in [-0.25, -0.2) is 9.78 Å². The quantitative estimate of drug-likeness (QED) is 0.399. The van der Waals surface area contributed by atoms with Crippen LogP contribution in [-0.2, 0) is 24.1 Å². The van der Waals surface area contributed by atoms with Crippen LogP contribution in [0.5, 0.6) is 0 Å². The molecule has 1 aliphatic heterocycles. The summed E-state index contributed by atoms with van der Waals surface area (Å²) >= 11 is 0. The van der Waals surface area contributed by atoms with Gasteiger partial charge in [0.25, 0.3) is 11.9 Å². The molecule has 0 N–H and O–H groups in total. The van der Waals surface area contributed by atoms with Crippen LogP contribution in [0.1, 0.15) is 74.9 Å². The van der Waals surface area contributed by atoms with Crippen LogP contribution in [0, 0.1) is 0 Å². The Morgan fingerprint density at radius 1 is 1.00 bits per heavy atom. The van der Waals surface area contributed by atoms with Gasteiger partial charge in [-0.3, -0.25) is 14.4 Å². The van der Waals surface area contributed by atoms with Crippen molar-refractivity contribution in [2.24, 2.45) is 7.05 Å². The van der Waals surface area contributed by atoms with Crippen LogP contribution in [0.3, 0.4) is 0 Å². The Morgan fingerprint density at radius 3 is 1.90 bits per heavy atom. The normalized spacial score (nSPS) is 20.3. The molecule has 0 bridgehead atoms. The molecule has 3 rings (SSSR count). The smallest absolute Gasteiger partial charge is 0.416 e. The van der Waals surface area contributed by atoms with Crippen LogP contribution in [0.2, 0.25) is 0 Å². The number of carbonyl (C=O) groups excluding carboxylic acids is 2. The number of piperidine rings is 1. The zero-order chi connectivity index (χ0) is 29.3. The molecule has 1 fully saturated rings. The minimum atomic E-state index is -5.12. The predicted octanol–water partition coefficient (Wildman–Crippen LogP) is 6.07. The second-order valence-electron chi connectivity index (χ2n) is 9.78. The van der Waals surface area contributed by atoms with Crippen LogP contribution >= 0.6 is 0 Å². The third-order valence-corrected chi connectivity index (χ3v) is 6.59. The number of hydrogen-bond donors (Lipinski definition) is 0. The molecule has 1 unspecified atom stereocenters. The molecule has 1 aromatic carbocycles. The van der Waals surface area contributed by atoms with Crippen molar-refractivity contribution >= 4 is 17.9 Å². The van der Waals surface area contributed by atoms with Gasteiger partial charge < -0.3 is 9.64 Å². The second-order valence-corrected chi connectivity index (χ2v) is 9.78. The number of aryl methyl sites for hydroxylation is 1. The highest BCUT2D eigenvalue weighted by molar-refractivity contribution is 6.05. The van der Waals surface area contributed by atoms with Crippen LogP contribution in [0.15, 0.2) is 24.5 Å². The molecular formula is C25H31F6N5O3. The number of anilines is 1. The summed E-state index contributed by atoms with van der Waals surface area (Å²) in [6, 6.07) is -0.771. The molecule has 0 aliphatic carbocycles. The fourth-order valence-electron chi connectivity index (χ4n) is 4.82. The molecule has 2 amide bonds. The lowest BCUT2D eigenvalue weighted by Gasteiger charge is -2.46. The summed E-state index contributed by atoms with van der Waals surface area (Å²) in [7, 11) is 1.51. The van der Waals surface area contributed by atoms with Crippen LogP contribution in [-0.4, -0.2) is 55.9 Å².